The summed E-state index contributed by atoms with van der Waals surface area (Å²) in [4.78, 5) is 34.1. The molecule has 0 aromatic carbocycles. The van der Waals surface area contributed by atoms with Crippen LogP contribution >= 0.6 is 12.4 Å². The van der Waals surface area contributed by atoms with E-state index >= 15 is 0 Å². The Bertz CT molecular complexity index is 1250. The number of hydrogen-bond acceptors (Lipinski definition) is 7. The minimum atomic E-state index is -1.36. The first kappa shape index (κ1) is 24.8. The zero-order valence-corrected chi connectivity index (χ0v) is 18.7. The van der Waals surface area contributed by atoms with Gasteiger partial charge in [-0.05, 0) is 37.1 Å². The standard InChI is InChI=1S/C22H23N5O4.ClH/c1-22(30,13-31-3)10-9-14-7-8-16-18(28)17(21(29)24-2)19(23)27(20(16)26-14)12-15-6-4-5-11-25-15;/h4-8,11,30H,12-13,23H2,1-3H3,(H,24,29);1H. The van der Waals surface area contributed by atoms with Crippen LogP contribution in [0.1, 0.15) is 28.7 Å². The fourth-order valence-corrected chi connectivity index (χ4v) is 3.07. The number of aliphatic hydroxyl groups is 1. The Morgan fingerprint density at radius 1 is 1.34 bits per heavy atom. The van der Waals surface area contributed by atoms with Crippen LogP contribution in [0.5, 0.6) is 0 Å². The van der Waals surface area contributed by atoms with Crippen molar-refractivity contribution in [2.24, 2.45) is 0 Å². The van der Waals surface area contributed by atoms with E-state index in [1.807, 2.05) is 6.07 Å². The average molecular weight is 458 g/mol. The maximum Gasteiger partial charge on any atom is 0.258 e. The molecule has 1 amide bonds. The van der Waals surface area contributed by atoms with Gasteiger partial charge in [-0.3, -0.25) is 14.6 Å². The van der Waals surface area contributed by atoms with Gasteiger partial charge < -0.3 is 25.5 Å². The van der Waals surface area contributed by atoms with Crippen LogP contribution in [0.2, 0.25) is 0 Å². The molecule has 3 heterocycles. The Kier molecular flexibility index (Phi) is 7.94. The third kappa shape index (κ3) is 5.23. The highest BCUT2D eigenvalue weighted by molar-refractivity contribution is 6.01. The molecule has 0 aliphatic carbocycles. The molecular formula is C22H24ClN5O4. The van der Waals surface area contributed by atoms with Crippen molar-refractivity contribution in [2.45, 2.75) is 19.1 Å². The van der Waals surface area contributed by atoms with Crippen LogP contribution in [-0.2, 0) is 11.3 Å². The first-order valence-electron chi connectivity index (χ1n) is 9.47. The van der Waals surface area contributed by atoms with Crippen molar-refractivity contribution in [1.29, 1.82) is 0 Å². The number of carbonyl (C=O) groups is 1. The summed E-state index contributed by atoms with van der Waals surface area (Å²) in [5, 5.41) is 12.9. The lowest BCUT2D eigenvalue weighted by atomic mass is 10.1. The number of amides is 1. The first-order valence-corrected chi connectivity index (χ1v) is 9.47. The Balaban J connectivity index is 0.00000363. The highest BCUT2D eigenvalue weighted by Crippen LogP contribution is 2.19. The summed E-state index contributed by atoms with van der Waals surface area (Å²) < 4.78 is 6.51. The highest BCUT2D eigenvalue weighted by Gasteiger charge is 2.21. The number of rotatable bonds is 5. The van der Waals surface area contributed by atoms with Crippen molar-refractivity contribution in [2.75, 3.05) is 26.5 Å². The zero-order chi connectivity index (χ0) is 22.6. The van der Waals surface area contributed by atoms with E-state index in [0.29, 0.717) is 11.4 Å². The maximum absolute atomic E-state index is 13.0. The minimum absolute atomic E-state index is 0. The van der Waals surface area contributed by atoms with Crippen LogP contribution < -0.4 is 16.5 Å². The van der Waals surface area contributed by atoms with Crippen LogP contribution in [0.15, 0.2) is 41.3 Å². The number of nitrogen functional groups attached to an aromatic ring is 1. The number of fused-ring (bicyclic) bond motifs is 1. The lowest BCUT2D eigenvalue weighted by Crippen LogP contribution is -2.30. The van der Waals surface area contributed by atoms with E-state index in [1.54, 1.807) is 35.0 Å². The van der Waals surface area contributed by atoms with Crippen molar-refractivity contribution in [3.63, 3.8) is 0 Å². The van der Waals surface area contributed by atoms with Crippen LogP contribution in [0, 0.1) is 11.8 Å². The summed E-state index contributed by atoms with van der Waals surface area (Å²) in [5.41, 5.74) is 5.46. The third-order valence-corrected chi connectivity index (χ3v) is 4.54. The second kappa shape index (κ2) is 10.2. The van der Waals surface area contributed by atoms with Gasteiger partial charge in [0.25, 0.3) is 5.91 Å². The zero-order valence-electron chi connectivity index (χ0n) is 17.9. The Hall–Kier alpha value is -3.45. The van der Waals surface area contributed by atoms with Gasteiger partial charge in [-0.1, -0.05) is 12.0 Å². The van der Waals surface area contributed by atoms with Gasteiger partial charge in [-0.2, -0.15) is 0 Å². The number of nitrogens with zero attached hydrogens (tertiary/aromatic N) is 3. The third-order valence-electron chi connectivity index (χ3n) is 4.54. The first-order chi connectivity index (χ1) is 14.8. The largest absolute Gasteiger partial charge is 0.384 e. The fraction of sp³-hybridized carbons (Fsp3) is 0.273. The van der Waals surface area contributed by atoms with Gasteiger partial charge in [-0.25, -0.2) is 4.98 Å². The number of anilines is 1. The molecule has 0 saturated heterocycles. The number of ether oxygens (including phenoxy) is 1. The van der Waals surface area contributed by atoms with E-state index in [9.17, 15) is 14.7 Å². The smallest absolute Gasteiger partial charge is 0.258 e. The van der Waals surface area contributed by atoms with Gasteiger partial charge >= 0.3 is 0 Å². The molecule has 0 fully saturated rings. The molecule has 32 heavy (non-hydrogen) atoms. The monoisotopic (exact) mass is 457 g/mol. The number of nitrogens with one attached hydrogen (secondary N) is 1. The molecule has 9 nitrogen and oxygen atoms in total. The molecule has 168 valence electrons. The molecule has 3 aromatic heterocycles. The molecule has 3 rings (SSSR count). The van der Waals surface area contributed by atoms with Gasteiger partial charge in [-0.15, -0.1) is 12.4 Å². The molecule has 4 N–H and O–H groups in total. The normalized spacial score (nSPS) is 12.2. The van der Waals surface area contributed by atoms with E-state index in [4.69, 9.17) is 10.5 Å². The molecule has 0 radical (unpaired) electrons. The SMILES string of the molecule is CNC(=O)c1c(N)n(Cc2ccccn2)c2nc(C#CC(C)(O)COC)ccc2c1=O.Cl. The number of methoxy groups -OCH3 is 1. The highest BCUT2D eigenvalue weighted by atomic mass is 35.5. The second-order valence-corrected chi connectivity index (χ2v) is 7.10. The van der Waals surface area contributed by atoms with Crippen LogP contribution in [0.25, 0.3) is 11.0 Å². The Morgan fingerprint density at radius 3 is 2.72 bits per heavy atom. The number of nitrogens with two attached hydrogens (primary N) is 1. The van der Waals surface area contributed by atoms with E-state index < -0.39 is 16.9 Å². The molecule has 10 heteroatoms. The summed E-state index contributed by atoms with van der Waals surface area (Å²) in [5.74, 6) is 4.89. The minimum Gasteiger partial charge on any atom is -0.384 e. The van der Waals surface area contributed by atoms with E-state index in [2.05, 4.69) is 27.1 Å². The molecule has 1 atom stereocenters. The molecule has 3 aromatic rings. The average Bonchev–Trinajstić information content (AvgIpc) is 2.75. The predicted octanol–water partition coefficient (Wildman–Crippen LogP) is 0.952. The Labute approximate surface area is 191 Å². The number of carbonyl (C=O) groups excluding carboxylic acids is 1. The van der Waals surface area contributed by atoms with Crippen molar-refractivity contribution in [1.82, 2.24) is 19.9 Å². The maximum atomic E-state index is 13.0. The molecular weight excluding hydrogens is 434 g/mol. The quantitative estimate of drug-likeness (QED) is 0.486. The lowest BCUT2D eigenvalue weighted by molar-refractivity contribution is 0.0274. The van der Waals surface area contributed by atoms with Gasteiger partial charge in [0, 0.05) is 20.4 Å². The number of aromatic nitrogens is 3. The fourth-order valence-electron chi connectivity index (χ4n) is 3.07. The van der Waals surface area contributed by atoms with E-state index in [-0.39, 0.29) is 48.0 Å². The van der Waals surface area contributed by atoms with Crippen molar-refractivity contribution < 1.29 is 14.6 Å². The van der Waals surface area contributed by atoms with Crippen molar-refractivity contribution in [3.8, 4) is 11.8 Å². The summed E-state index contributed by atoms with van der Waals surface area (Å²) >= 11 is 0. The topological polar surface area (TPSA) is 132 Å². The molecule has 0 spiro atoms. The van der Waals surface area contributed by atoms with Crippen LogP contribution in [0.4, 0.5) is 5.82 Å². The number of pyridine rings is 3. The Morgan fingerprint density at radius 2 is 2.09 bits per heavy atom. The van der Waals surface area contributed by atoms with Gasteiger partial charge in [0.05, 0.1) is 24.2 Å². The number of hydrogen-bond donors (Lipinski definition) is 3. The van der Waals surface area contributed by atoms with Crippen molar-refractivity contribution in [3.05, 3.63) is 63.7 Å². The summed E-state index contributed by atoms with van der Waals surface area (Å²) in [7, 11) is 2.89. The van der Waals surface area contributed by atoms with E-state index in [0.717, 1.165) is 0 Å². The predicted molar refractivity (Wildman–Crippen MR) is 124 cm³/mol. The molecule has 0 aliphatic rings. The summed E-state index contributed by atoms with van der Waals surface area (Å²) in [6.45, 7) is 1.74. The van der Waals surface area contributed by atoms with Crippen molar-refractivity contribution >= 4 is 35.2 Å². The molecule has 0 bridgehead atoms. The summed E-state index contributed by atoms with van der Waals surface area (Å²) in [6.07, 6.45) is 1.64. The number of halogens is 1. The lowest BCUT2D eigenvalue weighted by Gasteiger charge is -2.16. The van der Waals surface area contributed by atoms with Gasteiger partial charge in [0.2, 0.25) is 5.43 Å². The molecule has 1 unspecified atom stereocenters. The van der Waals surface area contributed by atoms with Gasteiger partial charge in [0.1, 0.15) is 28.3 Å². The van der Waals surface area contributed by atoms with Crippen LogP contribution in [-0.4, -0.2) is 51.9 Å². The van der Waals surface area contributed by atoms with Crippen LogP contribution in [0.3, 0.4) is 0 Å². The second-order valence-electron chi connectivity index (χ2n) is 7.10. The molecule has 0 aliphatic heterocycles. The van der Waals surface area contributed by atoms with E-state index in [1.165, 1.54) is 21.1 Å². The molecule has 0 saturated carbocycles. The van der Waals surface area contributed by atoms with Gasteiger partial charge in [0.15, 0.2) is 0 Å². The summed E-state index contributed by atoms with van der Waals surface area (Å²) in [6, 6.07) is 8.50.